The van der Waals surface area contributed by atoms with Gasteiger partial charge in [-0.3, -0.25) is 4.79 Å². The number of H-pyrrole nitrogens is 1. The molecule has 1 N–H and O–H groups in total. The van der Waals surface area contributed by atoms with Crippen LogP contribution in [0.25, 0.3) is 21.5 Å². The number of fused-ring (bicyclic) bond motifs is 4. The van der Waals surface area contributed by atoms with E-state index >= 15 is 0 Å². The molecule has 0 saturated heterocycles. The Morgan fingerprint density at radius 1 is 1.11 bits per heavy atom. The number of aryl methyl sites for hydroxylation is 2. The summed E-state index contributed by atoms with van der Waals surface area (Å²) in [6, 6.07) is 18.5. The first-order chi connectivity index (χ1) is 13.2. The zero-order valence-electron chi connectivity index (χ0n) is 15.0. The molecule has 2 aromatic carbocycles. The number of aromatic amines is 1. The number of rotatable bonds is 3. The van der Waals surface area contributed by atoms with Crippen LogP contribution in [0.2, 0.25) is 0 Å². The third-order valence-corrected chi connectivity index (χ3v) is 6.32. The van der Waals surface area contributed by atoms with Gasteiger partial charge < -0.3 is 9.88 Å². The minimum Gasteiger partial charge on any atom is -0.340 e. The number of nitrogens with zero attached hydrogens (tertiary/aromatic N) is 2. The van der Waals surface area contributed by atoms with Gasteiger partial charge in [-0.1, -0.05) is 36.4 Å². The first-order valence-corrected chi connectivity index (χ1v) is 9.91. The van der Waals surface area contributed by atoms with E-state index in [1.54, 1.807) is 16.2 Å². The SMILES string of the molecule is CN(Cc1nc2ccccc2[nH]1)C(=O)c1cc2c(s1)-c1ccccc1CC2. The number of aromatic nitrogens is 2. The lowest BCUT2D eigenvalue weighted by atomic mass is 9.91. The molecule has 0 bridgehead atoms. The van der Waals surface area contributed by atoms with E-state index in [0.29, 0.717) is 6.54 Å². The largest absolute Gasteiger partial charge is 0.340 e. The molecule has 0 spiro atoms. The van der Waals surface area contributed by atoms with Crippen molar-refractivity contribution in [3.05, 3.63) is 76.4 Å². The number of benzene rings is 2. The molecule has 0 saturated carbocycles. The molecule has 134 valence electrons. The Morgan fingerprint density at radius 2 is 1.89 bits per heavy atom. The van der Waals surface area contributed by atoms with Crippen molar-refractivity contribution >= 4 is 28.3 Å². The molecule has 0 radical (unpaired) electrons. The molecule has 0 unspecified atom stereocenters. The summed E-state index contributed by atoms with van der Waals surface area (Å²) in [5.74, 6) is 0.853. The third-order valence-electron chi connectivity index (χ3n) is 5.12. The van der Waals surface area contributed by atoms with Gasteiger partial charge in [0.2, 0.25) is 0 Å². The number of para-hydroxylation sites is 2. The second kappa shape index (κ2) is 6.35. The van der Waals surface area contributed by atoms with Gasteiger partial charge in [0.05, 0.1) is 22.5 Å². The van der Waals surface area contributed by atoms with E-state index in [2.05, 4.69) is 40.3 Å². The lowest BCUT2D eigenvalue weighted by molar-refractivity contribution is 0.0786. The van der Waals surface area contributed by atoms with Crippen LogP contribution < -0.4 is 0 Å². The normalized spacial score (nSPS) is 12.6. The van der Waals surface area contributed by atoms with Gasteiger partial charge in [0.15, 0.2) is 0 Å². The molecule has 1 aliphatic carbocycles. The molecule has 27 heavy (non-hydrogen) atoms. The standard InChI is InChI=1S/C22H19N3OS/c1-25(13-20-23-17-8-4-5-9-18(17)24-20)22(26)19-12-15-11-10-14-6-2-3-7-16(14)21(15)27-19/h2-9,12H,10-11,13H2,1H3,(H,23,24). The predicted octanol–water partition coefficient (Wildman–Crippen LogP) is 4.66. The molecular weight excluding hydrogens is 354 g/mol. The maximum Gasteiger partial charge on any atom is 0.264 e. The quantitative estimate of drug-likeness (QED) is 0.568. The topological polar surface area (TPSA) is 49.0 Å². The highest BCUT2D eigenvalue weighted by Crippen LogP contribution is 2.39. The van der Waals surface area contributed by atoms with E-state index in [1.807, 2.05) is 31.3 Å². The summed E-state index contributed by atoms with van der Waals surface area (Å²) in [7, 11) is 1.84. The second-order valence-electron chi connectivity index (χ2n) is 6.98. The van der Waals surface area contributed by atoms with E-state index in [4.69, 9.17) is 0 Å². The summed E-state index contributed by atoms with van der Waals surface area (Å²) >= 11 is 1.61. The molecular formula is C22H19N3OS. The van der Waals surface area contributed by atoms with Gasteiger partial charge in [0.25, 0.3) is 5.91 Å². The van der Waals surface area contributed by atoms with Gasteiger partial charge in [-0.2, -0.15) is 0 Å². The first kappa shape index (κ1) is 16.3. The number of thiophene rings is 1. The van der Waals surface area contributed by atoms with Crippen LogP contribution in [-0.2, 0) is 19.4 Å². The number of amides is 1. The Morgan fingerprint density at radius 3 is 2.78 bits per heavy atom. The highest BCUT2D eigenvalue weighted by Gasteiger charge is 2.23. The predicted molar refractivity (Wildman–Crippen MR) is 109 cm³/mol. The highest BCUT2D eigenvalue weighted by atomic mass is 32.1. The Labute approximate surface area is 161 Å². The van der Waals surface area contributed by atoms with Crippen molar-refractivity contribution in [3.63, 3.8) is 0 Å². The molecule has 0 fully saturated rings. The smallest absolute Gasteiger partial charge is 0.264 e. The number of nitrogens with one attached hydrogen (secondary N) is 1. The summed E-state index contributed by atoms with van der Waals surface area (Å²) in [5.41, 5.74) is 5.87. The van der Waals surface area contributed by atoms with E-state index < -0.39 is 0 Å². The van der Waals surface area contributed by atoms with Crippen LogP contribution in [0.4, 0.5) is 0 Å². The van der Waals surface area contributed by atoms with Crippen LogP contribution in [-0.4, -0.2) is 27.8 Å². The van der Waals surface area contributed by atoms with Gasteiger partial charge in [0, 0.05) is 11.9 Å². The van der Waals surface area contributed by atoms with Crippen LogP contribution in [0.1, 0.15) is 26.6 Å². The van der Waals surface area contributed by atoms with Crippen LogP contribution >= 0.6 is 11.3 Å². The van der Waals surface area contributed by atoms with Crippen LogP contribution in [0.5, 0.6) is 0 Å². The van der Waals surface area contributed by atoms with Crippen molar-refractivity contribution in [2.24, 2.45) is 0 Å². The summed E-state index contributed by atoms with van der Waals surface area (Å²) < 4.78 is 0. The monoisotopic (exact) mass is 373 g/mol. The van der Waals surface area contributed by atoms with Crippen molar-refractivity contribution in [2.45, 2.75) is 19.4 Å². The van der Waals surface area contributed by atoms with E-state index in [-0.39, 0.29) is 5.91 Å². The van der Waals surface area contributed by atoms with Gasteiger partial charge in [-0.25, -0.2) is 4.98 Å². The fraction of sp³-hybridized carbons (Fsp3) is 0.182. The lowest BCUT2D eigenvalue weighted by Crippen LogP contribution is -2.25. The first-order valence-electron chi connectivity index (χ1n) is 9.09. The fourth-order valence-electron chi connectivity index (χ4n) is 3.74. The van der Waals surface area contributed by atoms with Gasteiger partial charge >= 0.3 is 0 Å². The maximum absolute atomic E-state index is 13.0. The molecule has 2 aromatic heterocycles. The zero-order chi connectivity index (χ0) is 18.4. The molecule has 1 amide bonds. The number of carbonyl (C=O) groups excluding carboxylic acids is 1. The molecule has 5 rings (SSSR count). The van der Waals surface area contributed by atoms with Crippen molar-refractivity contribution < 1.29 is 4.79 Å². The summed E-state index contributed by atoms with van der Waals surface area (Å²) in [4.78, 5) is 24.6. The minimum atomic E-state index is 0.0485. The summed E-state index contributed by atoms with van der Waals surface area (Å²) in [5, 5.41) is 0. The van der Waals surface area contributed by atoms with E-state index in [9.17, 15) is 4.79 Å². The van der Waals surface area contributed by atoms with E-state index in [0.717, 1.165) is 34.6 Å². The minimum absolute atomic E-state index is 0.0485. The van der Waals surface area contributed by atoms with Crippen LogP contribution in [0.15, 0.2) is 54.6 Å². The number of hydrogen-bond acceptors (Lipinski definition) is 3. The average Bonchev–Trinajstić information content (AvgIpc) is 3.30. The molecule has 4 nitrogen and oxygen atoms in total. The summed E-state index contributed by atoms with van der Waals surface area (Å²) in [6.45, 7) is 0.465. The Bertz CT molecular complexity index is 1120. The number of carbonyl (C=O) groups is 1. The zero-order valence-corrected chi connectivity index (χ0v) is 15.8. The highest BCUT2D eigenvalue weighted by molar-refractivity contribution is 7.17. The molecule has 2 heterocycles. The second-order valence-corrected chi connectivity index (χ2v) is 8.04. The van der Waals surface area contributed by atoms with Gasteiger partial charge in [-0.05, 0) is 47.7 Å². The Kier molecular flexibility index (Phi) is 3.83. The third kappa shape index (κ3) is 2.84. The van der Waals surface area contributed by atoms with Gasteiger partial charge in [0.1, 0.15) is 5.82 Å². The van der Waals surface area contributed by atoms with Gasteiger partial charge in [-0.15, -0.1) is 11.3 Å². The van der Waals surface area contributed by atoms with Crippen molar-refractivity contribution in [1.82, 2.24) is 14.9 Å². The number of hydrogen-bond donors (Lipinski definition) is 1. The fourth-order valence-corrected chi connectivity index (χ4v) is 5.01. The molecule has 1 aliphatic rings. The lowest BCUT2D eigenvalue weighted by Gasteiger charge is -2.15. The number of imidazole rings is 1. The van der Waals surface area contributed by atoms with Crippen molar-refractivity contribution in [1.29, 1.82) is 0 Å². The Balaban J connectivity index is 1.40. The van der Waals surface area contributed by atoms with Crippen molar-refractivity contribution in [3.8, 4) is 10.4 Å². The molecule has 0 aliphatic heterocycles. The molecule has 5 heteroatoms. The Hall–Kier alpha value is -2.92. The van der Waals surface area contributed by atoms with Crippen LogP contribution in [0.3, 0.4) is 0 Å². The van der Waals surface area contributed by atoms with Crippen LogP contribution in [0, 0.1) is 0 Å². The molecule has 4 aromatic rings. The van der Waals surface area contributed by atoms with Crippen molar-refractivity contribution in [2.75, 3.05) is 7.05 Å². The van der Waals surface area contributed by atoms with E-state index in [1.165, 1.54) is 21.6 Å². The maximum atomic E-state index is 13.0. The summed E-state index contributed by atoms with van der Waals surface area (Å²) in [6.07, 6.45) is 2.05. The average molecular weight is 373 g/mol. The molecule has 0 atom stereocenters.